The number of nitriles is 1. The fraction of sp³-hybridized carbons (Fsp3) is 0.500. The Hall–Kier alpha value is -2.49. The van der Waals surface area contributed by atoms with Crippen LogP contribution in [0, 0.1) is 17.2 Å². The lowest BCUT2D eigenvalue weighted by Crippen LogP contribution is -2.24. The summed E-state index contributed by atoms with van der Waals surface area (Å²) in [6, 6.07) is 2.09. The zero-order chi connectivity index (χ0) is 15.6. The first-order valence-corrected chi connectivity index (χ1v) is 6.79. The van der Waals surface area contributed by atoms with Crippen LogP contribution >= 0.6 is 0 Å². The summed E-state index contributed by atoms with van der Waals surface area (Å²) in [7, 11) is 0. The first-order valence-electron chi connectivity index (χ1n) is 6.79. The minimum Gasteiger partial charge on any atom is -0.466 e. The molecule has 1 aromatic rings. The standard InChI is InChI=1S/C14H18N4O3/c1-4-20-10(19)5-9-12-11(7(2)3)8(6-15)13(16)21-14(12)18-17-9/h7,11H,4-5,16H2,1-3H3,(H,17,18). The summed E-state index contributed by atoms with van der Waals surface area (Å²) < 4.78 is 10.3. The molecule has 0 saturated heterocycles. The lowest BCUT2D eigenvalue weighted by molar-refractivity contribution is -0.142. The predicted octanol–water partition coefficient (Wildman–Crippen LogP) is 1.34. The molecule has 2 heterocycles. The maximum atomic E-state index is 11.7. The molecule has 0 saturated carbocycles. The summed E-state index contributed by atoms with van der Waals surface area (Å²) in [5, 5.41) is 16.1. The number of ether oxygens (including phenoxy) is 2. The highest BCUT2D eigenvalue weighted by atomic mass is 16.5. The van der Waals surface area contributed by atoms with Gasteiger partial charge in [-0.3, -0.25) is 9.89 Å². The van der Waals surface area contributed by atoms with Crippen molar-refractivity contribution >= 4 is 5.97 Å². The number of nitrogens with zero attached hydrogens (tertiary/aromatic N) is 2. The summed E-state index contributed by atoms with van der Waals surface area (Å²) in [6.07, 6.45) is 0.0569. The topological polar surface area (TPSA) is 114 Å². The van der Waals surface area contributed by atoms with E-state index in [9.17, 15) is 10.1 Å². The van der Waals surface area contributed by atoms with Crippen molar-refractivity contribution in [2.75, 3.05) is 6.61 Å². The van der Waals surface area contributed by atoms with Gasteiger partial charge in [0.05, 0.1) is 24.3 Å². The summed E-state index contributed by atoms with van der Waals surface area (Å²) in [5.74, 6) is -0.101. The SMILES string of the molecule is CCOC(=O)Cc1[nH]nc2c1C(C(C)C)C(C#N)=C(N)O2. The highest BCUT2D eigenvalue weighted by Crippen LogP contribution is 2.42. The third-order valence-electron chi connectivity index (χ3n) is 3.36. The Morgan fingerprint density at radius 1 is 1.62 bits per heavy atom. The van der Waals surface area contributed by atoms with E-state index >= 15 is 0 Å². The van der Waals surface area contributed by atoms with Crippen LogP contribution in [0.15, 0.2) is 11.5 Å². The van der Waals surface area contributed by atoms with E-state index in [1.807, 2.05) is 13.8 Å². The normalized spacial score (nSPS) is 17.2. The molecule has 3 N–H and O–H groups in total. The number of hydrogen-bond donors (Lipinski definition) is 2. The molecule has 21 heavy (non-hydrogen) atoms. The Morgan fingerprint density at radius 2 is 2.33 bits per heavy atom. The number of carbonyl (C=O) groups excluding carboxylic acids is 1. The predicted molar refractivity (Wildman–Crippen MR) is 74.0 cm³/mol. The molecule has 0 amide bonds. The van der Waals surface area contributed by atoms with Crippen molar-refractivity contribution in [2.24, 2.45) is 11.7 Å². The number of aromatic nitrogens is 2. The average molecular weight is 290 g/mol. The van der Waals surface area contributed by atoms with Crippen molar-refractivity contribution in [1.82, 2.24) is 10.2 Å². The lowest BCUT2D eigenvalue weighted by Gasteiger charge is -2.26. The second-order valence-electron chi connectivity index (χ2n) is 5.12. The van der Waals surface area contributed by atoms with Crippen LogP contribution in [0.5, 0.6) is 5.88 Å². The van der Waals surface area contributed by atoms with E-state index in [4.69, 9.17) is 15.2 Å². The number of aromatic amines is 1. The molecule has 0 spiro atoms. The molecule has 0 aliphatic carbocycles. The van der Waals surface area contributed by atoms with Gasteiger partial charge in [0.15, 0.2) is 0 Å². The highest BCUT2D eigenvalue weighted by Gasteiger charge is 2.36. The summed E-state index contributed by atoms with van der Waals surface area (Å²) in [4.78, 5) is 11.7. The van der Waals surface area contributed by atoms with Crippen molar-refractivity contribution in [1.29, 1.82) is 5.26 Å². The van der Waals surface area contributed by atoms with Crippen LogP contribution in [-0.2, 0) is 16.0 Å². The van der Waals surface area contributed by atoms with Crippen molar-refractivity contribution in [2.45, 2.75) is 33.1 Å². The molecule has 2 rings (SSSR count). The first kappa shape index (κ1) is 14.9. The van der Waals surface area contributed by atoms with E-state index in [0.717, 1.165) is 0 Å². The van der Waals surface area contributed by atoms with Gasteiger partial charge in [-0.25, -0.2) is 0 Å². The van der Waals surface area contributed by atoms with Crippen LogP contribution < -0.4 is 10.5 Å². The molecular formula is C14H18N4O3. The Morgan fingerprint density at radius 3 is 2.90 bits per heavy atom. The molecule has 0 bridgehead atoms. The fourth-order valence-electron chi connectivity index (χ4n) is 2.51. The van der Waals surface area contributed by atoms with Gasteiger partial charge in [0, 0.05) is 11.5 Å². The van der Waals surface area contributed by atoms with E-state index < -0.39 is 0 Å². The summed E-state index contributed by atoms with van der Waals surface area (Å²) >= 11 is 0. The van der Waals surface area contributed by atoms with Crippen LogP contribution in [0.2, 0.25) is 0 Å². The number of allylic oxidation sites excluding steroid dienone is 1. The minimum atomic E-state index is -0.354. The molecule has 7 nitrogen and oxygen atoms in total. The molecular weight excluding hydrogens is 272 g/mol. The van der Waals surface area contributed by atoms with Gasteiger partial charge < -0.3 is 15.2 Å². The number of fused-ring (bicyclic) bond motifs is 1. The van der Waals surface area contributed by atoms with Crippen molar-refractivity contribution in [3.63, 3.8) is 0 Å². The largest absolute Gasteiger partial charge is 0.466 e. The minimum absolute atomic E-state index is 0.0569. The third-order valence-corrected chi connectivity index (χ3v) is 3.36. The van der Waals surface area contributed by atoms with Gasteiger partial charge in [-0.15, -0.1) is 5.10 Å². The summed E-state index contributed by atoms with van der Waals surface area (Å²) in [6.45, 7) is 6.02. The molecule has 1 unspecified atom stereocenters. The quantitative estimate of drug-likeness (QED) is 0.809. The molecule has 1 atom stereocenters. The maximum absolute atomic E-state index is 11.7. The number of rotatable bonds is 4. The number of nitrogens with one attached hydrogen (secondary N) is 1. The smallest absolute Gasteiger partial charge is 0.311 e. The number of carbonyl (C=O) groups is 1. The molecule has 1 aromatic heterocycles. The zero-order valence-corrected chi connectivity index (χ0v) is 12.3. The Bertz CT molecular complexity index is 625. The van der Waals surface area contributed by atoms with Gasteiger partial charge >= 0.3 is 5.97 Å². The van der Waals surface area contributed by atoms with Crippen molar-refractivity contribution < 1.29 is 14.3 Å². The molecule has 0 aromatic carbocycles. The number of H-pyrrole nitrogens is 1. The lowest BCUT2D eigenvalue weighted by atomic mass is 9.81. The highest BCUT2D eigenvalue weighted by molar-refractivity contribution is 5.73. The van der Waals surface area contributed by atoms with Gasteiger partial charge in [-0.2, -0.15) is 5.26 Å². The van der Waals surface area contributed by atoms with Gasteiger partial charge in [0.2, 0.25) is 11.8 Å². The molecule has 7 heteroatoms. The van der Waals surface area contributed by atoms with Crippen LogP contribution in [0.1, 0.15) is 37.9 Å². The van der Waals surface area contributed by atoms with Gasteiger partial charge in [0.1, 0.15) is 6.07 Å². The summed E-state index contributed by atoms with van der Waals surface area (Å²) in [5.41, 5.74) is 7.46. The number of hydrogen-bond acceptors (Lipinski definition) is 6. The van der Waals surface area contributed by atoms with E-state index in [2.05, 4.69) is 16.3 Å². The van der Waals surface area contributed by atoms with Gasteiger partial charge in [-0.1, -0.05) is 13.8 Å². The molecule has 112 valence electrons. The second-order valence-corrected chi connectivity index (χ2v) is 5.12. The van der Waals surface area contributed by atoms with Crippen molar-refractivity contribution in [3.8, 4) is 11.9 Å². The van der Waals surface area contributed by atoms with Crippen LogP contribution in [0.4, 0.5) is 0 Å². The van der Waals surface area contributed by atoms with Crippen LogP contribution in [-0.4, -0.2) is 22.8 Å². The van der Waals surface area contributed by atoms with Gasteiger partial charge in [-0.05, 0) is 12.8 Å². The Labute approximate surface area is 122 Å². The van der Waals surface area contributed by atoms with E-state index in [-0.39, 0.29) is 30.1 Å². The molecule has 1 aliphatic rings. The monoisotopic (exact) mass is 290 g/mol. The maximum Gasteiger partial charge on any atom is 0.311 e. The molecule has 0 radical (unpaired) electrons. The first-order chi connectivity index (χ1) is 9.99. The zero-order valence-electron chi connectivity index (χ0n) is 12.3. The van der Waals surface area contributed by atoms with Crippen molar-refractivity contribution in [3.05, 3.63) is 22.7 Å². The third kappa shape index (κ3) is 2.70. The van der Waals surface area contributed by atoms with Crippen LogP contribution in [0.25, 0.3) is 0 Å². The molecule has 1 aliphatic heterocycles. The molecule has 0 fully saturated rings. The van der Waals surface area contributed by atoms with Crippen LogP contribution in [0.3, 0.4) is 0 Å². The second kappa shape index (κ2) is 5.87. The Kier molecular flexibility index (Phi) is 4.17. The van der Waals surface area contributed by atoms with E-state index in [1.165, 1.54) is 0 Å². The average Bonchev–Trinajstić information content (AvgIpc) is 2.79. The number of nitrogens with two attached hydrogens (primary N) is 1. The number of esters is 1. The Balaban J connectivity index is 2.42. The van der Waals surface area contributed by atoms with Gasteiger partial charge in [0.25, 0.3) is 0 Å². The van der Waals surface area contributed by atoms with E-state index in [0.29, 0.717) is 29.3 Å². The fourth-order valence-corrected chi connectivity index (χ4v) is 2.51. The van der Waals surface area contributed by atoms with E-state index in [1.54, 1.807) is 6.92 Å².